The second kappa shape index (κ2) is 5.07. The molecule has 0 spiro atoms. The predicted octanol–water partition coefficient (Wildman–Crippen LogP) is -1.24. The third-order valence-electron chi connectivity index (χ3n) is 2.19. The molecule has 0 aliphatic carbocycles. The summed E-state index contributed by atoms with van der Waals surface area (Å²) in [6, 6.07) is 0. The van der Waals surface area contributed by atoms with Crippen LogP contribution in [0.4, 0.5) is 0 Å². The Balaban J connectivity index is 2.06. The second-order valence-corrected chi connectivity index (χ2v) is 3.11. The summed E-state index contributed by atoms with van der Waals surface area (Å²) in [6.45, 7) is 6.17. The highest BCUT2D eigenvalue weighted by molar-refractivity contribution is 6.04. The minimum atomic E-state index is 0.653. The maximum atomic E-state index is 4.97. The van der Waals surface area contributed by atoms with Crippen LogP contribution in [0, 0.1) is 12.5 Å². The first-order valence-electron chi connectivity index (χ1n) is 4.31. The lowest BCUT2D eigenvalue weighted by atomic mass is 10.2. The first-order valence-corrected chi connectivity index (χ1v) is 4.31. The standard InChI is InChI=1S/C8H15BN2O/c1-2-12-8-7-10-3-5-11(9)6-4-10/h1H,3-9H2. The third kappa shape index (κ3) is 3.16. The molecule has 3 nitrogen and oxygen atoms in total. The average molecular weight is 166 g/mol. The number of ether oxygens (including phenoxy) is 1. The van der Waals surface area contributed by atoms with Crippen LogP contribution in [0.3, 0.4) is 0 Å². The van der Waals surface area contributed by atoms with Gasteiger partial charge in [0.15, 0.2) is 7.98 Å². The van der Waals surface area contributed by atoms with Crippen LogP contribution < -0.4 is 0 Å². The van der Waals surface area contributed by atoms with E-state index < -0.39 is 0 Å². The van der Waals surface area contributed by atoms with Gasteiger partial charge in [0.1, 0.15) is 12.7 Å². The Kier molecular flexibility index (Phi) is 3.99. The molecule has 1 aliphatic rings. The lowest BCUT2D eigenvalue weighted by Crippen LogP contribution is -2.46. The van der Waals surface area contributed by atoms with Gasteiger partial charge >= 0.3 is 0 Å². The summed E-state index contributed by atoms with van der Waals surface area (Å²) in [5.74, 6) is 0. The lowest BCUT2D eigenvalue weighted by Gasteiger charge is -2.32. The largest absolute Gasteiger partial charge is 0.445 e. The van der Waals surface area contributed by atoms with Crippen molar-refractivity contribution < 1.29 is 4.74 Å². The molecule has 0 unspecified atom stereocenters. The van der Waals surface area contributed by atoms with Gasteiger partial charge in [0, 0.05) is 19.6 Å². The molecule has 0 aromatic rings. The summed E-state index contributed by atoms with van der Waals surface area (Å²) in [5, 5.41) is 0. The maximum absolute atomic E-state index is 4.97. The fourth-order valence-electron chi connectivity index (χ4n) is 1.31. The predicted molar refractivity (Wildman–Crippen MR) is 51.3 cm³/mol. The second-order valence-electron chi connectivity index (χ2n) is 3.11. The summed E-state index contributed by atoms with van der Waals surface area (Å²) in [4.78, 5) is 4.70. The van der Waals surface area contributed by atoms with Gasteiger partial charge < -0.3 is 9.55 Å². The highest BCUT2D eigenvalue weighted by atomic mass is 16.5. The van der Waals surface area contributed by atoms with Crippen molar-refractivity contribution in [1.29, 1.82) is 0 Å². The average Bonchev–Trinajstić information content (AvgIpc) is 2.09. The number of piperazine rings is 1. The molecule has 0 aromatic carbocycles. The first-order chi connectivity index (χ1) is 5.83. The van der Waals surface area contributed by atoms with E-state index >= 15 is 0 Å². The van der Waals surface area contributed by atoms with E-state index in [2.05, 4.69) is 23.8 Å². The Morgan fingerprint density at radius 1 is 1.33 bits per heavy atom. The van der Waals surface area contributed by atoms with Crippen LogP contribution in [0.25, 0.3) is 0 Å². The van der Waals surface area contributed by atoms with Crippen LogP contribution in [0.15, 0.2) is 0 Å². The molecule has 1 saturated heterocycles. The highest BCUT2D eigenvalue weighted by Gasteiger charge is 2.12. The van der Waals surface area contributed by atoms with E-state index in [0.717, 1.165) is 32.7 Å². The van der Waals surface area contributed by atoms with Gasteiger partial charge in [0.2, 0.25) is 0 Å². The van der Waals surface area contributed by atoms with Gasteiger partial charge in [0.25, 0.3) is 0 Å². The maximum Gasteiger partial charge on any atom is 0.185 e. The molecule has 0 N–H and O–H groups in total. The Morgan fingerprint density at radius 2 is 2.00 bits per heavy atom. The smallest absolute Gasteiger partial charge is 0.185 e. The normalized spacial score (nSPS) is 20.2. The van der Waals surface area contributed by atoms with E-state index in [1.807, 2.05) is 0 Å². The molecule has 0 atom stereocenters. The number of hydrogen-bond acceptors (Lipinski definition) is 3. The monoisotopic (exact) mass is 166 g/mol. The van der Waals surface area contributed by atoms with E-state index in [-0.39, 0.29) is 0 Å². The van der Waals surface area contributed by atoms with Gasteiger partial charge in [-0.15, -0.1) is 0 Å². The molecule has 66 valence electrons. The van der Waals surface area contributed by atoms with Crippen molar-refractivity contribution in [1.82, 2.24) is 9.71 Å². The third-order valence-corrected chi connectivity index (χ3v) is 2.19. The van der Waals surface area contributed by atoms with Crippen LogP contribution in [-0.2, 0) is 4.74 Å². The minimum absolute atomic E-state index is 0.653. The van der Waals surface area contributed by atoms with Crippen molar-refractivity contribution in [3.8, 4) is 12.5 Å². The van der Waals surface area contributed by atoms with Crippen LogP contribution in [0.1, 0.15) is 0 Å². The lowest BCUT2D eigenvalue weighted by molar-refractivity contribution is 0.150. The molecular weight excluding hydrogens is 151 g/mol. The molecule has 0 saturated carbocycles. The van der Waals surface area contributed by atoms with Crippen LogP contribution >= 0.6 is 0 Å². The molecule has 1 aliphatic heterocycles. The minimum Gasteiger partial charge on any atom is -0.445 e. The van der Waals surface area contributed by atoms with Crippen molar-refractivity contribution in [2.24, 2.45) is 0 Å². The van der Waals surface area contributed by atoms with Gasteiger partial charge in [-0.05, 0) is 13.1 Å². The van der Waals surface area contributed by atoms with Gasteiger partial charge in [-0.1, -0.05) is 6.42 Å². The van der Waals surface area contributed by atoms with E-state index in [1.165, 1.54) is 0 Å². The number of nitrogens with zero attached hydrogens (tertiary/aromatic N) is 2. The molecule has 4 heteroatoms. The summed E-state index contributed by atoms with van der Waals surface area (Å²) in [6.07, 6.45) is 7.15. The molecule has 12 heavy (non-hydrogen) atoms. The molecule has 0 amide bonds. The van der Waals surface area contributed by atoms with Gasteiger partial charge in [-0.2, -0.15) is 0 Å². The van der Waals surface area contributed by atoms with E-state index in [1.54, 1.807) is 0 Å². The summed E-state index contributed by atoms with van der Waals surface area (Å²) >= 11 is 0. The van der Waals surface area contributed by atoms with Crippen molar-refractivity contribution in [3.05, 3.63) is 0 Å². The Hall–Kier alpha value is -0.655. The number of hydrogen-bond donors (Lipinski definition) is 0. The molecule has 0 bridgehead atoms. The van der Waals surface area contributed by atoms with Crippen molar-refractivity contribution in [2.75, 3.05) is 39.3 Å². The van der Waals surface area contributed by atoms with Crippen LogP contribution in [-0.4, -0.2) is 57.0 Å². The Labute approximate surface area is 75.1 Å². The number of terminal acetylenes is 1. The quantitative estimate of drug-likeness (QED) is 0.296. The fraction of sp³-hybridized carbons (Fsp3) is 0.750. The zero-order valence-corrected chi connectivity index (χ0v) is 7.62. The molecule has 0 aromatic heterocycles. The first kappa shape index (κ1) is 9.43. The topological polar surface area (TPSA) is 15.7 Å². The molecule has 1 heterocycles. The van der Waals surface area contributed by atoms with Gasteiger partial charge in [-0.25, -0.2) is 0 Å². The Morgan fingerprint density at radius 3 is 2.58 bits per heavy atom. The molecule has 0 radical (unpaired) electrons. The van der Waals surface area contributed by atoms with Gasteiger partial charge in [-0.3, -0.25) is 4.90 Å². The summed E-state index contributed by atoms with van der Waals surface area (Å²) in [5.41, 5.74) is 0. The Bertz CT molecular complexity index is 161. The zero-order valence-electron chi connectivity index (χ0n) is 7.62. The van der Waals surface area contributed by atoms with E-state index in [0.29, 0.717) is 6.61 Å². The molecule has 1 fully saturated rings. The SMILES string of the molecule is BN1CCN(CCOC#C)CC1. The van der Waals surface area contributed by atoms with E-state index in [9.17, 15) is 0 Å². The van der Waals surface area contributed by atoms with Crippen molar-refractivity contribution in [2.45, 2.75) is 0 Å². The van der Waals surface area contributed by atoms with Crippen molar-refractivity contribution in [3.63, 3.8) is 0 Å². The number of rotatable bonds is 3. The zero-order chi connectivity index (χ0) is 8.81. The fourth-order valence-corrected chi connectivity index (χ4v) is 1.31. The highest BCUT2D eigenvalue weighted by Crippen LogP contribution is 1.97. The van der Waals surface area contributed by atoms with E-state index in [4.69, 9.17) is 11.2 Å². The summed E-state index contributed by atoms with van der Waals surface area (Å²) in [7, 11) is 2.15. The van der Waals surface area contributed by atoms with Gasteiger partial charge in [0.05, 0.1) is 0 Å². The molecule has 1 rings (SSSR count). The summed E-state index contributed by atoms with van der Waals surface area (Å²) < 4.78 is 4.84. The molecular formula is C8H15BN2O. The van der Waals surface area contributed by atoms with Crippen LogP contribution in [0.5, 0.6) is 0 Å². The van der Waals surface area contributed by atoms with Crippen molar-refractivity contribution >= 4 is 7.98 Å². The van der Waals surface area contributed by atoms with Crippen LogP contribution in [0.2, 0.25) is 0 Å².